The number of amides is 2. The Balaban J connectivity index is 2.13. The van der Waals surface area contributed by atoms with Gasteiger partial charge >= 0.3 is 0 Å². The average Bonchev–Trinajstić information content (AvgIpc) is 2.73. The van der Waals surface area contributed by atoms with Crippen LogP contribution in [0.3, 0.4) is 0 Å². The summed E-state index contributed by atoms with van der Waals surface area (Å²) < 4.78 is 5.22. The minimum Gasteiger partial charge on any atom is -0.497 e. The van der Waals surface area contributed by atoms with Gasteiger partial charge in [0, 0.05) is 23.4 Å². The van der Waals surface area contributed by atoms with E-state index in [0.29, 0.717) is 23.7 Å². The molecule has 0 unspecified atom stereocenters. The summed E-state index contributed by atoms with van der Waals surface area (Å²) in [6.07, 6.45) is 0.541. The highest BCUT2D eigenvalue weighted by Gasteiger charge is 2.28. The zero-order valence-electron chi connectivity index (χ0n) is 18.6. The highest BCUT2D eigenvalue weighted by molar-refractivity contribution is 7.99. The predicted molar refractivity (Wildman–Crippen MR) is 129 cm³/mol. The zero-order valence-corrected chi connectivity index (χ0v) is 20.1. The number of benzene rings is 2. The van der Waals surface area contributed by atoms with Gasteiger partial charge in [0.2, 0.25) is 11.8 Å². The summed E-state index contributed by atoms with van der Waals surface area (Å²) in [6, 6.07) is 14.7. The van der Waals surface area contributed by atoms with Gasteiger partial charge in [-0.1, -0.05) is 42.8 Å². The largest absolute Gasteiger partial charge is 0.497 e. The van der Waals surface area contributed by atoms with Gasteiger partial charge in [0.15, 0.2) is 0 Å². The fourth-order valence-corrected chi connectivity index (χ4v) is 4.26. The van der Waals surface area contributed by atoms with E-state index in [2.05, 4.69) is 5.32 Å². The Morgan fingerprint density at radius 2 is 1.84 bits per heavy atom. The lowest BCUT2D eigenvalue weighted by Crippen LogP contribution is -2.50. The Kier molecular flexibility index (Phi) is 10.2. The number of thioether (sulfide) groups is 1. The molecule has 31 heavy (non-hydrogen) atoms. The summed E-state index contributed by atoms with van der Waals surface area (Å²) in [6.45, 7) is 6.13. The second-order valence-electron chi connectivity index (χ2n) is 7.58. The van der Waals surface area contributed by atoms with Gasteiger partial charge in [-0.3, -0.25) is 9.59 Å². The van der Waals surface area contributed by atoms with Crippen molar-refractivity contribution in [2.75, 3.05) is 12.9 Å². The lowest BCUT2D eigenvalue weighted by molar-refractivity contribution is -0.139. The van der Waals surface area contributed by atoms with Crippen LogP contribution < -0.4 is 10.1 Å². The van der Waals surface area contributed by atoms with Gasteiger partial charge in [0.25, 0.3) is 0 Å². The molecule has 2 amide bonds. The molecule has 1 N–H and O–H groups in total. The fraction of sp³-hybridized carbons (Fsp3) is 0.417. The summed E-state index contributed by atoms with van der Waals surface area (Å²) in [5.74, 6) is 1.53. The molecule has 7 heteroatoms. The van der Waals surface area contributed by atoms with Crippen LogP contribution in [-0.2, 0) is 21.9 Å². The standard InChI is InChI=1S/C24H31ClN2O3S/c1-5-22(24(29)26-17(2)3)27(14-18-9-11-21(30-4)12-10-18)23(28)16-31-15-19-7-6-8-20(25)13-19/h6-13,17,22H,5,14-16H2,1-4H3,(H,26,29)/t22-/m0/s1. The maximum absolute atomic E-state index is 13.2. The third-order valence-electron chi connectivity index (χ3n) is 4.71. The predicted octanol–water partition coefficient (Wildman–Crippen LogP) is 4.91. The van der Waals surface area contributed by atoms with Crippen molar-refractivity contribution in [3.05, 3.63) is 64.7 Å². The second kappa shape index (κ2) is 12.6. The smallest absolute Gasteiger partial charge is 0.243 e. The number of hydrogen-bond acceptors (Lipinski definition) is 4. The molecule has 0 bridgehead atoms. The van der Waals surface area contributed by atoms with Crippen molar-refractivity contribution in [2.45, 2.75) is 51.6 Å². The van der Waals surface area contributed by atoms with Crippen LogP contribution in [0.25, 0.3) is 0 Å². The quantitative estimate of drug-likeness (QED) is 0.515. The molecule has 1 atom stereocenters. The number of carbonyl (C=O) groups excluding carboxylic acids is 2. The molecule has 5 nitrogen and oxygen atoms in total. The van der Waals surface area contributed by atoms with Gasteiger partial charge in [-0.05, 0) is 55.7 Å². The third-order valence-corrected chi connectivity index (χ3v) is 5.94. The molecule has 0 saturated heterocycles. The van der Waals surface area contributed by atoms with Crippen molar-refractivity contribution in [3.63, 3.8) is 0 Å². The molecule has 0 aliphatic heterocycles. The van der Waals surface area contributed by atoms with Crippen molar-refractivity contribution < 1.29 is 14.3 Å². The lowest BCUT2D eigenvalue weighted by atomic mass is 10.1. The summed E-state index contributed by atoms with van der Waals surface area (Å²) in [4.78, 5) is 27.7. The van der Waals surface area contributed by atoms with Gasteiger partial charge in [-0.25, -0.2) is 0 Å². The van der Waals surface area contributed by atoms with Gasteiger partial charge in [-0.2, -0.15) is 0 Å². The number of halogens is 1. The molecule has 0 spiro atoms. The van der Waals surface area contributed by atoms with Gasteiger partial charge < -0.3 is 15.0 Å². The van der Waals surface area contributed by atoms with E-state index in [9.17, 15) is 9.59 Å². The minimum absolute atomic E-state index is 0.0108. The first-order chi connectivity index (χ1) is 14.8. The molecule has 0 aliphatic rings. The van der Waals surface area contributed by atoms with Crippen LogP contribution in [0.4, 0.5) is 0 Å². The van der Waals surface area contributed by atoms with E-state index in [1.54, 1.807) is 12.0 Å². The van der Waals surface area contributed by atoms with Crippen LogP contribution in [-0.4, -0.2) is 41.7 Å². The van der Waals surface area contributed by atoms with Crippen LogP contribution in [0, 0.1) is 0 Å². The highest BCUT2D eigenvalue weighted by Crippen LogP contribution is 2.20. The topological polar surface area (TPSA) is 58.6 Å². The van der Waals surface area contributed by atoms with E-state index in [1.807, 2.05) is 69.3 Å². The summed E-state index contributed by atoms with van der Waals surface area (Å²) in [5, 5.41) is 3.63. The fourth-order valence-electron chi connectivity index (χ4n) is 3.19. The Labute approximate surface area is 194 Å². The molecule has 2 rings (SSSR count). The first-order valence-electron chi connectivity index (χ1n) is 10.4. The number of hydrogen-bond donors (Lipinski definition) is 1. The lowest BCUT2D eigenvalue weighted by Gasteiger charge is -2.31. The van der Waals surface area contributed by atoms with Crippen molar-refractivity contribution in [1.29, 1.82) is 0 Å². The van der Waals surface area contributed by atoms with Crippen molar-refractivity contribution in [1.82, 2.24) is 10.2 Å². The number of nitrogens with one attached hydrogen (secondary N) is 1. The summed E-state index contributed by atoms with van der Waals surface area (Å²) in [5.41, 5.74) is 2.02. The van der Waals surface area contributed by atoms with Gasteiger partial charge in [0.05, 0.1) is 12.9 Å². The molecule has 0 saturated carbocycles. The summed E-state index contributed by atoms with van der Waals surface area (Å²) in [7, 11) is 1.62. The Morgan fingerprint density at radius 3 is 2.42 bits per heavy atom. The van der Waals surface area contributed by atoms with Crippen LogP contribution in [0.15, 0.2) is 48.5 Å². The molecule has 0 heterocycles. The normalized spacial score (nSPS) is 11.8. The van der Waals surface area contributed by atoms with Gasteiger partial charge in [-0.15, -0.1) is 11.8 Å². The van der Waals surface area contributed by atoms with E-state index in [1.165, 1.54) is 11.8 Å². The van der Waals surface area contributed by atoms with Crippen LogP contribution >= 0.6 is 23.4 Å². The summed E-state index contributed by atoms with van der Waals surface area (Å²) >= 11 is 7.57. The van der Waals surface area contributed by atoms with E-state index in [0.717, 1.165) is 16.9 Å². The molecule has 2 aromatic rings. The van der Waals surface area contributed by atoms with E-state index in [-0.39, 0.29) is 23.6 Å². The molecule has 0 aliphatic carbocycles. The number of methoxy groups -OCH3 is 1. The molecule has 0 radical (unpaired) electrons. The van der Waals surface area contributed by atoms with Crippen LogP contribution in [0.5, 0.6) is 5.75 Å². The molecule has 168 valence electrons. The van der Waals surface area contributed by atoms with E-state index < -0.39 is 6.04 Å². The van der Waals surface area contributed by atoms with Gasteiger partial charge in [0.1, 0.15) is 11.8 Å². The van der Waals surface area contributed by atoms with Crippen LogP contribution in [0.1, 0.15) is 38.3 Å². The number of ether oxygens (including phenoxy) is 1. The Morgan fingerprint density at radius 1 is 1.13 bits per heavy atom. The molecule has 0 fully saturated rings. The average molecular weight is 463 g/mol. The third kappa shape index (κ3) is 8.11. The monoisotopic (exact) mass is 462 g/mol. The van der Waals surface area contributed by atoms with E-state index in [4.69, 9.17) is 16.3 Å². The Hall–Kier alpha value is -2.18. The highest BCUT2D eigenvalue weighted by atomic mass is 35.5. The zero-order chi connectivity index (χ0) is 22.8. The SMILES string of the molecule is CC[C@@H](C(=O)NC(C)C)N(Cc1ccc(OC)cc1)C(=O)CSCc1cccc(Cl)c1. The molecule has 0 aromatic heterocycles. The maximum atomic E-state index is 13.2. The maximum Gasteiger partial charge on any atom is 0.243 e. The van der Waals surface area contributed by atoms with Crippen molar-refractivity contribution in [3.8, 4) is 5.75 Å². The number of nitrogens with zero attached hydrogens (tertiary/aromatic N) is 1. The first kappa shape index (κ1) is 25.1. The number of carbonyl (C=O) groups is 2. The minimum atomic E-state index is -0.524. The second-order valence-corrected chi connectivity index (χ2v) is 9.00. The van der Waals surface area contributed by atoms with Crippen molar-refractivity contribution >= 4 is 35.2 Å². The Bertz CT molecular complexity index is 858. The molecular formula is C24H31ClN2O3S. The molecule has 2 aromatic carbocycles. The molecular weight excluding hydrogens is 432 g/mol. The first-order valence-corrected chi connectivity index (χ1v) is 11.9. The van der Waals surface area contributed by atoms with Crippen molar-refractivity contribution in [2.24, 2.45) is 0 Å². The number of rotatable bonds is 11. The van der Waals surface area contributed by atoms with Crippen LogP contribution in [0.2, 0.25) is 5.02 Å². The van der Waals surface area contributed by atoms with E-state index >= 15 is 0 Å².